The van der Waals surface area contributed by atoms with Gasteiger partial charge in [-0.2, -0.15) is 13.2 Å². The number of alkyl halides is 3. The SMILES string of the molecule is CC#CC1(O)CC[C@]2(C)C3CC[C@]4(C)C(CCC(F)(F)F)CCC4[C@@H]3CC[C@@H]2C1. The Morgan fingerprint density at radius 2 is 1.66 bits per heavy atom. The van der Waals surface area contributed by atoms with E-state index in [9.17, 15) is 18.3 Å². The van der Waals surface area contributed by atoms with Gasteiger partial charge in [0.05, 0.1) is 0 Å². The van der Waals surface area contributed by atoms with E-state index in [1.807, 2.05) is 0 Å². The van der Waals surface area contributed by atoms with Crippen molar-refractivity contribution in [2.75, 3.05) is 0 Å². The number of rotatable bonds is 2. The van der Waals surface area contributed by atoms with Crippen LogP contribution in [0.2, 0.25) is 0 Å². The van der Waals surface area contributed by atoms with Gasteiger partial charge in [0.2, 0.25) is 0 Å². The fourth-order valence-corrected chi connectivity index (χ4v) is 8.51. The Morgan fingerprint density at radius 3 is 2.34 bits per heavy atom. The Bertz CT molecular complexity index is 690. The molecule has 4 heteroatoms. The summed E-state index contributed by atoms with van der Waals surface area (Å²) in [4.78, 5) is 0. The number of hydrogen-bond donors (Lipinski definition) is 1. The maximum atomic E-state index is 12.9. The van der Waals surface area contributed by atoms with Crippen LogP contribution in [0.25, 0.3) is 0 Å². The van der Waals surface area contributed by atoms with Crippen molar-refractivity contribution in [2.45, 2.75) is 103 Å². The fourth-order valence-electron chi connectivity index (χ4n) is 8.51. The van der Waals surface area contributed by atoms with Crippen molar-refractivity contribution in [3.05, 3.63) is 0 Å². The number of hydrogen-bond acceptors (Lipinski definition) is 1. The topological polar surface area (TPSA) is 20.2 Å². The lowest BCUT2D eigenvalue weighted by atomic mass is 9.44. The third-order valence-corrected chi connectivity index (χ3v) is 10.1. The largest absolute Gasteiger partial charge is 0.389 e. The van der Waals surface area contributed by atoms with Gasteiger partial charge in [0, 0.05) is 6.42 Å². The van der Waals surface area contributed by atoms with Crippen LogP contribution < -0.4 is 0 Å². The van der Waals surface area contributed by atoms with Crippen LogP contribution in [-0.4, -0.2) is 16.9 Å². The van der Waals surface area contributed by atoms with E-state index in [-0.39, 0.29) is 16.7 Å². The molecule has 4 rings (SSSR count). The number of halogens is 3. The van der Waals surface area contributed by atoms with Crippen LogP contribution in [0.4, 0.5) is 13.2 Å². The zero-order valence-electron chi connectivity index (χ0n) is 18.2. The lowest BCUT2D eigenvalue weighted by Crippen LogP contribution is -2.55. The highest BCUT2D eigenvalue weighted by molar-refractivity contribution is 5.18. The smallest absolute Gasteiger partial charge is 0.378 e. The zero-order valence-corrected chi connectivity index (χ0v) is 18.2. The van der Waals surface area contributed by atoms with Gasteiger partial charge >= 0.3 is 6.18 Å². The quantitative estimate of drug-likeness (QED) is 0.500. The molecule has 29 heavy (non-hydrogen) atoms. The maximum Gasteiger partial charge on any atom is 0.389 e. The fraction of sp³-hybridized carbons (Fsp3) is 0.920. The van der Waals surface area contributed by atoms with Crippen LogP contribution in [0.1, 0.15) is 91.4 Å². The van der Waals surface area contributed by atoms with Crippen LogP contribution in [0.3, 0.4) is 0 Å². The molecule has 0 aromatic heterocycles. The summed E-state index contributed by atoms with van der Waals surface area (Å²) in [5.41, 5.74) is -0.459. The zero-order chi connectivity index (χ0) is 21.1. The van der Waals surface area contributed by atoms with E-state index in [4.69, 9.17) is 0 Å². The average Bonchev–Trinajstić information content (AvgIpc) is 2.97. The Balaban J connectivity index is 1.50. The van der Waals surface area contributed by atoms with Crippen LogP contribution in [0.15, 0.2) is 0 Å². The molecule has 0 aromatic carbocycles. The Kier molecular flexibility index (Phi) is 5.33. The molecule has 1 nitrogen and oxygen atoms in total. The highest BCUT2D eigenvalue weighted by Gasteiger charge is 2.61. The first kappa shape index (κ1) is 21.5. The van der Waals surface area contributed by atoms with E-state index < -0.39 is 18.2 Å². The molecule has 0 bridgehead atoms. The normalized spacial score (nSPS) is 49.4. The predicted molar refractivity (Wildman–Crippen MR) is 109 cm³/mol. The summed E-state index contributed by atoms with van der Waals surface area (Å²) in [7, 11) is 0. The van der Waals surface area contributed by atoms with Crippen molar-refractivity contribution in [1.82, 2.24) is 0 Å². The summed E-state index contributed by atoms with van der Waals surface area (Å²) >= 11 is 0. The first-order chi connectivity index (χ1) is 13.5. The van der Waals surface area contributed by atoms with E-state index in [0.29, 0.717) is 30.1 Å². The first-order valence-electron chi connectivity index (χ1n) is 11.7. The van der Waals surface area contributed by atoms with Gasteiger partial charge in [-0.15, -0.1) is 5.92 Å². The van der Waals surface area contributed by atoms with Crippen LogP contribution in [-0.2, 0) is 0 Å². The molecule has 8 atom stereocenters. The van der Waals surface area contributed by atoms with Crippen LogP contribution >= 0.6 is 0 Å². The molecule has 0 spiro atoms. The van der Waals surface area contributed by atoms with Gasteiger partial charge in [0.1, 0.15) is 5.60 Å². The summed E-state index contributed by atoms with van der Waals surface area (Å²) in [6, 6.07) is 0. The molecule has 0 aromatic rings. The summed E-state index contributed by atoms with van der Waals surface area (Å²) < 4.78 is 38.6. The third kappa shape index (κ3) is 3.64. The van der Waals surface area contributed by atoms with Crippen molar-refractivity contribution in [1.29, 1.82) is 0 Å². The molecule has 164 valence electrons. The van der Waals surface area contributed by atoms with E-state index in [1.165, 1.54) is 6.42 Å². The second-order valence-corrected chi connectivity index (χ2v) is 11.2. The molecule has 4 aliphatic carbocycles. The minimum atomic E-state index is -4.03. The van der Waals surface area contributed by atoms with E-state index >= 15 is 0 Å². The van der Waals surface area contributed by atoms with Crippen molar-refractivity contribution in [3.8, 4) is 11.8 Å². The summed E-state index contributed by atoms with van der Waals surface area (Å²) in [6.07, 6.45) is 4.93. The Morgan fingerprint density at radius 1 is 0.931 bits per heavy atom. The van der Waals surface area contributed by atoms with Gasteiger partial charge in [-0.1, -0.05) is 19.8 Å². The Labute approximate surface area is 174 Å². The molecular weight excluding hydrogens is 373 g/mol. The lowest BCUT2D eigenvalue weighted by Gasteiger charge is -2.61. The molecular formula is C25H37F3O. The number of aliphatic hydroxyl groups is 1. The van der Waals surface area contributed by atoms with Gasteiger partial charge in [0.25, 0.3) is 0 Å². The summed E-state index contributed by atoms with van der Waals surface area (Å²) in [5, 5.41) is 10.9. The van der Waals surface area contributed by atoms with Gasteiger partial charge < -0.3 is 5.11 Å². The molecule has 4 fully saturated rings. The second-order valence-electron chi connectivity index (χ2n) is 11.2. The van der Waals surface area contributed by atoms with Crippen LogP contribution in [0, 0.1) is 52.3 Å². The minimum Gasteiger partial charge on any atom is -0.378 e. The standard InChI is InChI=1S/C25H37F3O/c1-4-11-24(29)15-14-23(3)18(16-24)5-7-19-20-8-6-17(9-13-25(26,27)28)22(20,2)12-10-21(19)23/h17-21,29H,5-10,12-16H2,1-3H3/t17?,18-,19+,20?,21?,22-,23+,24?/m1/s1. The highest BCUT2D eigenvalue weighted by atomic mass is 19.4. The maximum absolute atomic E-state index is 12.9. The molecule has 0 heterocycles. The molecule has 0 radical (unpaired) electrons. The van der Waals surface area contributed by atoms with Gasteiger partial charge in [-0.3, -0.25) is 0 Å². The third-order valence-electron chi connectivity index (χ3n) is 10.1. The van der Waals surface area contributed by atoms with E-state index in [0.717, 1.165) is 51.4 Å². The molecule has 4 unspecified atom stereocenters. The van der Waals surface area contributed by atoms with Crippen molar-refractivity contribution in [2.24, 2.45) is 40.4 Å². The van der Waals surface area contributed by atoms with Crippen molar-refractivity contribution < 1.29 is 18.3 Å². The van der Waals surface area contributed by atoms with Crippen molar-refractivity contribution in [3.63, 3.8) is 0 Å². The summed E-state index contributed by atoms with van der Waals surface area (Å²) in [5.74, 6) is 8.67. The molecule has 1 N–H and O–H groups in total. The summed E-state index contributed by atoms with van der Waals surface area (Å²) in [6.45, 7) is 6.57. The minimum absolute atomic E-state index is 0.0959. The molecule has 4 saturated carbocycles. The molecule has 0 aliphatic heterocycles. The molecule has 0 saturated heterocycles. The first-order valence-corrected chi connectivity index (χ1v) is 11.7. The van der Waals surface area contributed by atoms with Gasteiger partial charge in [-0.25, -0.2) is 0 Å². The predicted octanol–water partition coefficient (Wildman–Crippen LogP) is 6.74. The lowest BCUT2D eigenvalue weighted by molar-refractivity contribution is -0.149. The Hall–Kier alpha value is -0.690. The van der Waals surface area contributed by atoms with Gasteiger partial charge in [0.15, 0.2) is 0 Å². The van der Waals surface area contributed by atoms with E-state index in [2.05, 4.69) is 25.7 Å². The highest BCUT2D eigenvalue weighted by Crippen LogP contribution is 2.68. The monoisotopic (exact) mass is 410 g/mol. The van der Waals surface area contributed by atoms with E-state index in [1.54, 1.807) is 6.92 Å². The molecule has 4 aliphatic rings. The van der Waals surface area contributed by atoms with Gasteiger partial charge in [-0.05, 0) is 112 Å². The van der Waals surface area contributed by atoms with Crippen molar-refractivity contribution >= 4 is 0 Å². The van der Waals surface area contributed by atoms with Crippen LogP contribution in [0.5, 0.6) is 0 Å². The average molecular weight is 411 g/mol. The number of fused-ring (bicyclic) bond motifs is 5. The molecule has 0 amide bonds. The second kappa shape index (κ2) is 7.18.